The van der Waals surface area contributed by atoms with Crippen LogP contribution < -0.4 is 5.43 Å². The summed E-state index contributed by atoms with van der Waals surface area (Å²) in [6, 6.07) is 7.37. The SMILES string of the molecule is CCCCCCC(=O)N(NC(=O)c1cccc(C)c1)C(C)(C)C. The molecule has 0 aromatic heterocycles. The molecule has 1 aromatic carbocycles. The van der Waals surface area contributed by atoms with Crippen molar-refractivity contribution in [3.8, 4) is 0 Å². The van der Waals surface area contributed by atoms with Crippen LogP contribution in [0.25, 0.3) is 0 Å². The third kappa shape index (κ3) is 6.43. The van der Waals surface area contributed by atoms with Gasteiger partial charge >= 0.3 is 0 Å². The van der Waals surface area contributed by atoms with E-state index in [1.807, 2.05) is 45.9 Å². The second-order valence-corrected chi connectivity index (χ2v) is 7.02. The fraction of sp³-hybridized carbons (Fsp3) is 0.579. The molecular weight excluding hydrogens is 288 g/mol. The second kappa shape index (κ2) is 8.70. The first-order valence-corrected chi connectivity index (χ1v) is 8.46. The highest BCUT2D eigenvalue weighted by Crippen LogP contribution is 2.15. The molecule has 0 saturated heterocycles. The monoisotopic (exact) mass is 318 g/mol. The van der Waals surface area contributed by atoms with E-state index in [1.54, 1.807) is 6.07 Å². The molecule has 0 fully saturated rings. The Bertz CT molecular complexity index is 532. The third-order valence-corrected chi connectivity index (χ3v) is 3.66. The van der Waals surface area contributed by atoms with Crippen LogP contribution in [0.3, 0.4) is 0 Å². The third-order valence-electron chi connectivity index (χ3n) is 3.66. The molecule has 4 heteroatoms. The summed E-state index contributed by atoms with van der Waals surface area (Å²) in [5, 5.41) is 1.48. The van der Waals surface area contributed by atoms with Gasteiger partial charge in [0, 0.05) is 12.0 Å². The maximum atomic E-state index is 12.5. The molecule has 0 atom stereocenters. The van der Waals surface area contributed by atoms with Crippen molar-refractivity contribution < 1.29 is 9.59 Å². The van der Waals surface area contributed by atoms with Gasteiger partial charge in [-0.05, 0) is 46.2 Å². The smallest absolute Gasteiger partial charge is 0.269 e. The van der Waals surface area contributed by atoms with Gasteiger partial charge in [-0.2, -0.15) is 0 Å². The maximum Gasteiger partial charge on any atom is 0.269 e. The number of unbranched alkanes of at least 4 members (excludes halogenated alkanes) is 3. The largest absolute Gasteiger partial charge is 0.273 e. The number of carbonyl (C=O) groups excluding carboxylic acids is 2. The molecule has 2 amide bonds. The van der Waals surface area contributed by atoms with E-state index in [1.165, 1.54) is 5.01 Å². The minimum Gasteiger partial charge on any atom is -0.273 e. The molecule has 4 nitrogen and oxygen atoms in total. The number of hydrogen-bond acceptors (Lipinski definition) is 2. The number of hydrazine groups is 1. The summed E-state index contributed by atoms with van der Waals surface area (Å²) in [4.78, 5) is 24.9. The van der Waals surface area contributed by atoms with E-state index < -0.39 is 5.54 Å². The number of nitrogens with one attached hydrogen (secondary N) is 1. The normalized spacial score (nSPS) is 11.2. The number of amides is 2. The summed E-state index contributed by atoms with van der Waals surface area (Å²) in [7, 11) is 0. The molecule has 23 heavy (non-hydrogen) atoms. The van der Waals surface area contributed by atoms with Crippen LogP contribution in [0.4, 0.5) is 0 Å². The molecule has 128 valence electrons. The van der Waals surface area contributed by atoms with Gasteiger partial charge < -0.3 is 0 Å². The fourth-order valence-electron chi connectivity index (χ4n) is 2.37. The molecule has 0 unspecified atom stereocenters. The van der Waals surface area contributed by atoms with Gasteiger partial charge in [0.2, 0.25) is 5.91 Å². The summed E-state index contributed by atoms with van der Waals surface area (Å²) in [6.45, 7) is 9.86. The summed E-state index contributed by atoms with van der Waals surface area (Å²) in [6.07, 6.45) is 4.65. The standard InChI is InChI=1S/C19H30N2O2/c1-6-7-8-9-13-17(22)21(19(3,4)5)20-18(23)16-12-10-11-15(2)14-16/h10-12,14H,6-9,13H2,1-5H3,(H,20,23). The Morgan fingerprint density at radius 2 is 1.83 bits per heavy atom. The molecule has 0 aliphatic carbocycles. The lowest BCUT2D eigenvalue weighted by Crippen LogP contribution is -2.55. The number of benzene rings is 1. The Morgan fingerprint density at radius 1 is 1.13 bits per heavy atom. The molecule has 0 saturated carbocycles. The van der Waals surface area contributed by atoms with Gasteiger partial charge in [-0.25, -0.2) is 5.01 Å². The highest BCUT2D eigenvalue weighted by molar-refractivity contribution is 5.95. The van der Waals surface area contributed by atoms with Crippen molar-refractivity contribution in [2.24, 2.45) is 0 Å². The van der Waals surface area contributed by atoms with Crippen molar-refractivity contribution in [3.05, 3.63) is 35.4 Å². The van der Waals surface area contributed by atoms with Crippen LogP contribution in [-0.2, 0) is 4.79 Å². The summed E-state index contributed by atoms with van der Waals surface area (Å²) in [5.41, 5.74) is 3.92. The lowest BCUT2D eigenvalue weighted by atomic mass is 10.1. The topological polar surface area (TPSA) is 49.4 Å². The number of nitrogens with zero attached hydrogens (tertiary/aromatic N) is 1. The average Bonchev–Trinajstić information content (AvgIpc) is 2.47. The Balaban J connectivity index is 2.75. The van der Waals surface area contributed by atoms with Gasteiger partial charge in [0.15, 0.2) is 0 Å². The van der Waals surface area contributed by atoms with E-state index in [-0.39, 0.29) is 11.8 Å². The van der Waals surface area contributed by atoms with Crippen molar-refractivity contribution in [1.82, 2.24) is 10.4 Å². The van der Waals surface area contributed by atoms with Crippen LogP contribution in [-0.4, -0.2) is 22.4 Å². The van der Waals surface area contributed by atoms with Crippen molar-refractivity contribution in [2.45, 2.75) is 72.3 Å². The number of rotatable bonds is 6. The molecule has 0 aliphatic heterocycles. The first-order valence-electron chi connectivity index (χ1n) is 8.46. The quantitative estimate of drug-likeness (QED) is 0.630. The van der Waals surface area contributed by atoms with E-state index in [2.05, 4.69) is 12.3 Å². The van der Waals surface area contributed by atoms with Crippen LogP contribution in [0, 0.1) is 6.92 Å². The van der Waals surface area contributed by atoms with Gasteiger partial charge in [-0.15, -0.1) is 0 Å². The van der Waals surface area contributed by atoms with Crippen LogP contribution in [0.2, 0.25) is 0 Å². The highest BCUT2D eigenvalue weighted by atomic mass is 16.2. The first kappa shape index (κ1) is 19.2. The zero-order valence-electron chi connectivity index (χ0n) is 15.1. The minimum absolute atomic E-state index is 0.0328. The molecule has 1 rings (SSSR count). The summed E-state index contributed by atoms with van der Waals surface area (Å²) >= 11 is 0. The Labute approximate surface area is 140 Å². The molecule has 1 N–H and O–H groups in total. The van der Waals surface area contributed by atoms with Crippen LogP contribution >= 0.6 is 0 Å². The molecule has 0 spiro atoms. The molecule has 0 bridgehead atoms. The van der Waals surface area contributed by atoms with Crippen molar-refractivity contribution in [1.29, 1.82) is 0 Å². The number of hydrogen-bond donors (Lipinski definition) is 1. The van der Waals surface area contributed by atoms with Crippen LogP contribution in [0.15, 0.2) is 24.3 Å². The van der Waals surface area contributed by atoms with Crippen molar-refractivity contribution in [2.75, 3.05) is 0 Å². The van der Waals surface area contributed by atoms with Gasteiger partial charge in [-0.3, -0.25) is 15.0 Å². The zero-order chi connectivity index (χ0) is 17.5. The lowest BCUT2D eigenvalue weighted by Gasteiger charge is -2.35. The zero-order valence-corrected chi connectivity index (χ0v) is 15.1. The van der Waals surface area contributed by atoms with Gasteiger partial charge in [-0.1, -0.05) is 43.9 Å². The lowest BCUT2D eigenvalue weighted by molar-refractivity contribution is -0.139. The highest BCUT2D eigenvalue weighted by Gasteiger charge is 2.28. The minimum atomic E-state index is -0.457. The summed E-state index contributed by atoms with van der Waals surface area (Å²) in [5.74, 6) is -0.278. The Morgan fingerprint density at radius 3 is 2.39 bits per heavy atom. The molecule has 1 aromatic rings. The van der Waals surface area contributed by atoms with Gasteiger partial charge in [0.05, 0.1) is 5.54 Å². The van der Waals surface area contributed by atoms with E-state index in [0.717, 1.165) is 31.2 Å². The molecule has 0 radical (unpaired) electrons. The predicted molar refractivity (Wildman–Crippen MR) is 94.0 cm³/mol. The van der Waals surface area contributed by atoms with Crippen LogP contribution in [0.5, 0.6) is 0 Å². The van der Waals surface area contributed by atoms with Gasteiger partial charge in [0.1, 0.15) is 0 Å². The number of carbonyl (C=O) groups is 2. The van der Waals surface area contributed by atoms with Gasteiger partial charge in [0.25, 0.3) is 5.91 Å². The Hall–Kier alpha value is -1.84. The van der Waals surface area contributed by atoms with Crippen molar-refractivity contribution in [3.63, 3.8) is 0 Å². The predicted octanol–water partition coefficient (Wildman–Crippen LogP) is 4.24. The van der Waals surface area contributed by atoms with Crippen LogP contribution in [0.1, 0.15) is 75.7 Å². The van der Waals surface area contributed by atoms with E-state index in [9.17, 15) is 9.59 Å². The Kier molecular flexibility index (Phi) is 7.27. The maximum absolute atomic E-state index is 12.5. The van der Waals surface area contributed by atoms with Crippen molar-refractivity contribution >= 4 is 11.8 Å². The average molecular weight is 318 g/mol. The molecular formula is C19H30N2O2. The first-order chi connectivity index (χ1) is 10.8. The fourth-order valence-corrected chi connectivity index (χ4v) is 2.37. The van der Waals surface area contributed by atoms with E-state index in [0.29, 0.717) is 12.0 Å². The second-order valence-electron chi connectivity index (χ2n) is 7.02. The molecule has 0 aliphatic rings. The molecule has 0 heterocycles. The number of aryl methyl sites for hydroxylation is 1. The van der Waals surface area contributed by atoms with E-state index >= 15 is 0 Å². The van der Waals surface area contributed by atoms with E-state index in [4.69, 9.17) is 0 Å². The summed E-state index contributed by atoms with van der Waals surface area (Å²) < 4.78 is 0.